The number of aromatic nitrogens is 1. The van der Waals surface area contributed by atoms with E-state index in [1.165, 1.54) is 11.3 Å². The fourth-order valence-electron chi connectivity index (χ4n) is 1.25. The van der Waals surface area contributed by atoms with Crippen molar-refractivity contribution in [2.75, 3.05) is 7.05 Å². The van der Waals surface area contributed by atoms with Crippen molar-refractivity contribution in [3.8, 4) is 0 Å². The van der Waals surface area contributed by atoms with E-state index in [1.54, 1.807) is 29.6 Å². The molecule has 0 fully saturated rings. The van der Waals surface area contributed by atoms with Crippen LogP contribution >= 0.6 is 27.3 Å². The number of furan rings is 1. The van der Waals surface area contributed by atoms with Gasteiger partial charge in [0.05, 0.1) is 17.7 Å². The van der Waals surface area contributed by atoms with Gasteiger partial charge in [-0.25, -0.2) is 4.98 Å². The van der Waals surface area contributed by atoms with Gasteiger partial charge in [0.1, 0.15) is 0 Å². The smallest absolute Gasteiger partial charge is 0.289 e. The van der Waals surface area contributed by atoms with Crippen LogP contribution in [0.2, 0.25) is 0 Å². The van der Waals surface area contributed by atoms with Gasteiger partial charge in [0.15, 0.2) is 10.4 Å². The third-order valence-electron chi connectivity index (χ3n) is 2.01. The molecule has 0 aromatic carbocycles. The van der Waals surface area contributed by atoms with Crippen LogP contribution in [0, 0.1) is 0 Å². The second-order valence-corrected chi connectivity index (χ2v) is 4.75. The number of hydrogen-bond acceptors (Lipinski definition) is 4. The van der Waals surface area contributed by atoms with E-state index in [0.717, 1.165) is 5.69 Å². The molecule has 0 bridgehead atoms. The normalized spacial score (nSPS) is 10.4. The van der Waals surface area contributed by atoms with Gasteiger partial charge in [0.2, 0.25) is 0 Å². The molecule has 2 aromatic heterocycles. The summed E-state index contributed by atoms with van der Waals surface area (Å²) in [5, 5.41) is 1.92. The Bertz CT molecular complexity index is 481. The van der Waals surface area contributed by atoms with Gasteiger partial charge >= 0.3 is 0 Å². The van der Waals surface area contributed by atoms with Crippen LogP contribution < -0.4 is 0 Å². The summed E-state index contributed by atoms with van der Waals surface area (Å²) < 4.78 is 5.75. The molecular weight excluding hydrogens is 292 g/mol. The van der Waals surface area contributed by atoms with Crippen molar-refractivity contribution in [2.24, 2.45) is 0 Å². The van der Waals surface area contributed by atoms with E-state index in [1.807, 2.05) is 5.38 Å². The molecule has 0 aliphatic rings. The van der Waals surface area contributed by atoms with Crippen molar-refractivity contribution in [3.63, 3.8) is 0 Å². The van der Waals surface area contributed by atoms with Crippen LogP contribution in [0.15, 0.2) is 32.1 Å². The Balaban J connectivity index is 2.05. The minimum atomic E-state index is -0.154. The monoisotopic (exact) mass is 300 g/mol. The number of carbonyl (C=O) groups excluding carboxylic acids is 1. The molecule has 0 aliphatic carbocycles. The van der Waals surface area contributed by atoms with E-state index in [9.17, 15) is 4.79 Å². The predicted octanol–water partition coefficient (Wildman–Crippen LogP) is 2.77. The molecule has 4 nitrogen and oxygen atoms in total. The van der Waals surface area contributed by atoms with E-state index in [-0.39, 0.29) is 5.91 Å². The molecule has 0 saturated carbocycles. The summed E-state index contributed by atoms with van der Waals surface area (Å²) in [6.07, 6.45) is 0. The molecule has 0 atom stereocenters. The lowest BCUT2D eigenvalue weighted by molar-refractivity contribution is 0.0750. The van der Waals surface area contributed by atoms with E-state index in [0.29, 0.717) is 17.0 Å². The maximum absolute atomic E-state index is 11.9. The van der Waals surface area contributed by atoms with E-state index >= 15 is 0 Å². The van der Waals surface area contributed by atoms with Crippen LogP contribution in [-0.2, 0) is 6.54 Å². The average molecular weight is 301 g/mol. The highest BCUT2D eigenvalue weighted by Gasteiger charge is 2.16. The molecule has 0 saturated heterocycles. The third kappa shape index (κ3) is 2.51. The molecule has 16 heavy (non-hydrogen) atoms. The highest BCUT2D eigenvalue weighted by molar-refractivity contribution is 9.10. The van der Waals surface area contributed by atoms with Gasteiger partial charge in [-0.3, -0.25) is 4.79 Å². The summed E-state index contributed by atoms with van der Waals surface area (Å²) in [5.41, 5.74) is 2.63. The molecule has 0 aliphatic heterocycles. The summed E-state index contributed by atoms with van der Waals surface area (Å²) in [4.78, 5) is 17.6. The van der Waals surface area contributed by atoms with Crippen LogP contribution in [0.5, 0.6) is 0 Å². The van der Waals surface area contributed by atoms with Crippen molar-refractivity contribution < 1.29 is 9.21 Å². The molecule has 84 valence electrons. The second-order valence-electron chi connectivity index (χ2n) is 3.24. The van der Waals surface area contributed by atoms with Gasteiger partial charge in [-0.2, -0.15) is 0 Å². The van der Waals surface area contributed by atoms with Crippen LogP contribution in [0.1, 0.15) is 16.2 Å². The molecule has 1 amide bonds. The third-order valence-corrected chi connectivity index (χ3v) is 3.07. The maximum atomic E-state index is 11.9. The zero-order valence-corrected chi connectivity index (χ0v) is 10.9. The van der Waals surface area contributed by atoms with Crippen molar-refractivity contribution in [1.29, 1.82) is 0 Å². The Morgan fingerprint density at radius 2 is 2.44 bits per heavy atom. The quantitative estimate of drug-likeness (QED) is 0.875. The molecular formula is C10H9BrN2O2S. The largest absolute Gasteiger partial charge is 0.444 e. The topological polar surface area (TPSA) is 46.3 Å². The van der Waals surface area contributed by atoms with Crippen LogP contribution in [0.4, 0.5) is 0 Å². The first-order chi connectivity index (χ1) is 7.66. The van der Waals surface area contributed by atoms with Gasteiger partial charge < -0.3 is 9.32 Å². The lowest BCUT2D eigenvalue weighted by atomic mass is 10.3. The van der Waals surface area contributed by atoms with Crippen molar-refractivity contribution >= 4 is 33.2 Å². The average Bonchev–Trinajstić information content (AvgIpc) is 2.88. The second kappa shape index (κ2) is 4.80. The standard InChI is InChI=1S/C10H9BrN2O2S/c1-13(4-7-5-16-6-12-7)10(14)8-2-3-9(11)15-8/h2-3,5-6H,4H2,1H3. The van der Waals surface area contributed by atoms with Gasteiger partial charge in [0.25, 0.3) is 5.91 Å². The van der Waals surface area contributed by atoms with Crippen molar-refractivity contribution in [2.45, 2.75) is 6.54 Å². The highest BCUT2D eigenvalue weighted by atomic mass is 79.9. The number of amides is 1. The molecule has 0 spiro atoms. The van der Waals surface area contributed by atoms with Gasteiger partial charge in [-0.15, -0.1) is 11.3 Å². The van der Waals surface area contributed by atoms with E-state index < -0.39 is 0 Å². The lowest BCUT2D eigenvalue weighted by Crippen LogP contribution is -2.25. The first-order valence-electron chi connectivity index (χ1n) is 4.54. The Morgan fingerprint density at radius 3 is 3.00 bits per heavy atom. The number of nitrogens with zero attached hydrogens (tertiary/aromatic N) is 2. The number of rotatable bonds is 3. The van der Waals surface area contributed by atoms with Gasteiger partial charge in [-0.1, -0.05) is 0 Å². The number of carbonyl (C=O) groups is 1. The Hall–Kier alpha value is -1.14. The fraction of sp³-hybridized carbons (Fsp3) is 0.200. The Labute approximate surface area is 105 Å². The SMILES string of the molecule is CN(Cc1cscn1)C(=O)c1ccc(Br)o1. The van der Waals surface area contributed by atoms with Gasteiger partial charge in [0, 0.05) is 12.4 Å². The summed E-state index contributed by atoms with van der Waals surface area (Å²) in [6.45, 7) is 0.487. The number of halogens is 1. The minimum Gasteiger partial charge on any atom is -0.444 e. The summed E-state index contributed by atoms with van der Waals surface area (Å²) >= 11 is 4.68. The van der Waals surface area contributed by atoms with Crippen LogP contribution in [0.25, 0.3) is 0 Å². The highest BCUT2D eigenvalue weighted by Crippen LogP contribution is 2.16. The number of thiazole rings is 1. The van der Waals surface area contributed by atoms with Gasteiger partial charge in [-0.05, 0) is 28.1 Å². The van der Waals surface area contributed by atoms with Crippen LogP contribution in [-0.4, -0.2) is 22.8 Å². The molecule has 2 aromatic rings. The van der Waals surface area contributed by atoms with E-state index in [4.69, 9.17) is 4.42 Å². The number of hydrogen-bond donors (Lipinski definition) is 0. The van der Waals surface area contributed by atoms with Crippen LogP contribution in [0.3, 0.4) is 0 Å². The zero-order chi connectivity index (χ0) is 11.5. The van der Waals surface area contributed by atoms with E-state index in [2.05, 4.69) is 20.9 Å². The molecule has 0 unspecified atom stereocenters. The molecule has 6 heteroatoms. The minimum absolute atomic E-state index is 0.154. The molecule has 0 N–H and O–H groups in total. The lowest BCUT2D eigenvalue weighted by Gasteiger charge is -2.13. The summed E-state index contributed by atoms with van der Waals surface area (Å²) in [5.74, 6) is 0.170. The summed E-state index contributed by atoms with van der Waals surface area (Å²) in [6, 6.07) is 3.34. The maximum Gasteiger partial charge on any atom is 0.289 e. The summed E-state index contributed by atoms with van der Waals surface area (Å²) in [7, 11) is 1.72. The molecule has 0 radical (unpaired) electrons. The Kier molecular flexibility index (Phi) is 3.40. The Morgan fingerprint density at radius 1 is 1.62 bits per heavy atom. The molecule has 2 rings (SSSR count). The molecule has 2 heterocycles. The zero-order valence-electron chi connectivity index (χ0n) is 8.51. The van der Waals surface area contributed by atoms with Crippen molar-refractivity contribution in [3.05, 3.63) is 39.1 Å². The first-order valence-corrected chi connectivity index (χ1v) is 6.28. The predicted molar refractivity (Wildman–Crippen MR) is 64.3 cm³/mol. The van der Waals surface area contributed by atoms with Crippen molar-refractivity contribution in [1.82, 2.24) is 9.88 Å². The first kappa shape index (κ1) is 11.3. The fourth-order valence-corrected chi connectivity index (χ4v) is 2.10.